The Hall–Kier alpha value is -2.11. The Kier molecular flexibility index (Phi) is 3.92. The third-order valence-corrected chi connectivity index (χ3v) is 3.84. The first kappa shape index (κ1) is 14.3. The summed E-state index contributed by atoms with van der Waals surface area (Å²) in [5, 5.41) is 20.5. The smallest absolute Gasteiger partial charge is 0.282 e. The van der Waals surface area contributed by atoms with Gasteiger partial charge in [-0.15, -0.1) is 0 Å². The van der Waals surface area contributed by atoms with Crippen molar-refractivity contribution in [2.75, 3.05) is 0 Å². The molecule has 6 heteroatoms. The van der Waals surface area contributed by atoms with Gasteiger partial charge < -0.3 is 10.0 Å². The molecule has 6 nitrogen and oxygen atoms in total. The van der Waals surface area contributed by atoms with E-state index in [0.717, 1.165) is 19.3 Å². The predicted octanol–water partition coefficient (Wildman–Crippen LogP) is 2.70. The standard InChI is InChI=1S/C14H18N2O4/c1-9-4-3-5-10(2)15(9)14(18)12-8-11(17)6-7-13(12)16(19)20/h6-10,17H,3-5H2,1-2H3/t9-,10+. The Morgan fingerprint density at radius 3 is 2.50 bits per heavy atom. The van der Waals surface area contributed by atoms with Gasteiger partial charge in [0, 0.05) is 18.2 Å². The Morgan fingerprint density at radius 1 is 1.35 bits per heavy atom. The maximum Gasteiger partial charge on any atom is 0.282 e. The van der Waals surface area contributed by atoms with Crippen LogP contribution in [0, 0.1) is 10.1 Å². The van der Waals surface area contributed by atoms with Crippen molar-refractivity contribution in [3.05, 3.63) is 33.9 Å². The number of carbonyl (C=O) groups excluding carboxylic acids is 1. The normalized spacial score (nSPS) is 22.6. The molecule has 1 amide bonds. The van der Waals surface area contributed by atoms with Gasteiger partial charge in [0.25, 0.3) is 11.6 Å². The molecule has 0 aromatic heterocycles. The van der Waals surface area contributed by atoms with Crippen LogP contribution in [0.4, 0.5) is 5.69 Å². The van der Waals surface area contributed by atoms with Crippen molar-refractivity contribution in [3.63, 3.8) is 0 Å². The number of phenolic OH excluding ortho intramolecular Hbond substituents is 1. The summed E-state index contributed by atoms with van der Waals surface area (Å²) < 4.78 is 0. The molecule has 1 aliphatic rings. The van der Waals surface area contributed by atoms with Gasteiger partial charge in [-0.1, -0.05) is 0 Å². The molecule has 0 saturated carbocycles. The number of likely N-dealkylation sites (tertiary alicyclic amines) is 1. The van der Waals surface area contributed by atoms with Crippen molar-refractivity contribution < 1.29 is 14.8 Å². The molecule has 1 saturated heterocycles. The van der Waals surface area contributed by atoms with Gasteiger partial charge in [-0.05, 0) is 45.2 Å². The first-order valence-electron chi connectivity index (χ1n) is 6.72. The number of nitro benzene ring substituents is 1. The number of aromatic hydroxyl groups is 1. The van der Waals surface area contributed by atoms with E-state index in [1.165, 1.54) is 18.2 Å². The third-order valence-electron chi connectivity index (χ3n) is 3.84. The van der Waals surface area contributed by atoms with Crippen LogP contribution in [-0.2, 0) is 0 Å². The summed E-state index contributed by atoms with van der Waals surface area (Å²) in [4.78, 5) is 24.7. The molecular weight excluding hydrogens is 260 g/mol. The molecule has 1 N–H and O–H groups in total. The maximum absolute atomic E-state index is 12.6. The van der Waals surface area contributed by atoms with Crippen LogP contribution in [0.3, 0.4) is 0 Å². The zero-order valence-electron chi connectivity index (χ0n) is 11.6. The van der Waals surface area contributed by atoms with E-state index in [2.05, 4.69) is 0 Å². The highest BCUT2D eigenvalue weighted by Gasteiger charge is 2.33. The number of benzene rings is 1. The van der Waals surface area contributed by atoms with E-state index >= 15 is 0 Å². The average molecular weight is 278 g/mol. The average Bonchev–Trinajstić information content (AvgIpc) is 2.37. The van der Waals surface area contributed by atoms with Gasteiger partial charge in [-0.25, -0.2) is 0 Å². The zero-order chi connectivity index (χ0) is 14.9. The molecule has 2 rings (SSSR count). The molecule has 1 aromatic carbocycles. The summed E-state index contributed by atoms with van der Waals surface area (Å²) in [5.74, 6) is -0.524. The molecule has 0 spiro atoms. The number of nitrogens with zero attached hydrogens (tertiary/aromatic N) is 2. The molecular formula is C14H18N2O4. The molecule has 1 aromatic rings. The lowest BCUT2D eigenvalue weighted by Gasteiger charge is -2.39. The minimum absolute atomic E-state index is 0.0457. The molecule has 1 aliphatic heterocycles. The predicted molar refractivity (Wildman–Crippen MR) is 73.7 cm³/mol. The molecule has 0 aliphatic carbocycles. The molecule has 0 radical (unpaired) electrons. The lowest BCUT2D eigenvalue weighted by Crippen LogP contribution is -2.47. The summed E-state index contributed by atoms with van der Waals surface area (Å²) in [6.45, 7) is 3.89. The van der Waals surface area contributed by atoms with Crippen molar-refractivity contribution >= 4 is 11.6 Å². The number of rotatable bonds is 2. The third kappa shape index (κ3) is 2.59. The largest absolute Gasteiger partial charge is 0.508 e. The summed E-state index contributed by atoms with van der Waals surface area (Å²) in [7, 11) is 0. The van der Waals surface area contributed by atoms with E-state index in [-0.39, 0.29) is 35.0 Å². The fraction of sp³-hybridized carbons (Fsp3) is 0.500. The van der Waals surface area contributed by atoms with Gasteiger partial charge in [-0.3, -0.25) is 14.9 Å². The lowest BCUT2D eigenvalue weighted by atomic mass is 9.96. The zero-order valence-corrected chi connectivity index (χ0v) is 11.6. The summed E-state index contributed by atoms with van der Waals surface area (Å²) in [6, 6.07) is 3.66. The van der Waals surface area contributed by atoms with Crippen LogP contribution in [0.2, 0.25) is 0 Å². The quantitative estimate of drug-likeness (QED) is 0.666. The van der Waals surface area contributed by atoms with Crippen LogP contribution in [-0.4, -0.2) is 32.9 Å². The molecule has 2 atom stereocenters. The second-order valence-corrected chi connectivity index (χ2v) is 5.30. The lowest BCUT2D eigenvalue weighted by molar-refractivity contribution is -0.385. The Morgan fingerprint density at radius 2 is 1.95 bits per heavy atom. The monoisotopic (exact) mass is 278 g/mol. The van der Waals surface area contributed by atoms with Crippen molar-refractivity contribution in [2.24, 2.45) is 0 Å². The minimum Gasteiger partial charge on any atom is -0.508 e. The van der Waals surface area contributed by atoms with Gasteiger partial charge in [-0.2, -0.15) is 0 Å². The highest BCUT2D eigenvalue weighted by molar-refractivity contribution is 5.99. The van der Waals surface area contributed by atoms with Crippen LogP contribution >= 0.6 is 0 Å². The SMILES string of the molecule is C[C@@H]1CCC[C@H](C)N1C(=O)c1cc(O)ccc1[N+](=O)[O-]. The number of amides is 1. The van der Waals surface area contributed by atoms with Crippen LogP contribution in [0.1, 0.15) is 43.5 Å². The van der Waals surface area contributed by atoms with Crippen LogP contribution in [0.5, 0.6) is 5.75 Å². The Bertz CT molecular complexity index is 534. The molecule has 1 fully saturated rings. The van der Waals surface area contributed by atoms with Crippen LogP contribution in [0.15, 0.2) is 18.2 Å². The van der Waals surface area contributed by atoms with E-state index in [1.54, 1.807) is 4.90 Å². The molecule has 1 heterocycles. The fourth-order valence-electron chi connectivity index (χ4n) is 2.82. The van der Waals surface area contributed by atoms with Crippen LogP contribution in [0.25, 0.3) is 0 Å². The summed E-state index contributed by atoms with van der Waals surface area (Å²) in [6.07, 6.45) is 2.83. The first-order valence-corrected chi connectivity index (χ1v) is 6.72. The Balaban J connectivity index is 2.42. The van der Waals surface area contributed by atoms with E-state index in [1.807, 2.05) is 13.8 Å². The van der Waals surface area contributed by atoms with Gasteiger partial charge in [0.05, 0.1) is 4.92 Å². The topological polar surface area (TPSA) is 83.7 Å². The van der Waals surface area contributed by atoms with Gasteiger partial charge >= 0.3 is 0 Å². The molecule has 20 heavy (non-hydrogen) atoms. The molecule has 0 unspecified atom stereocenters. The summed E-state index contributed by atoms with van der Waals surface area (Å²) >= 11 is 0. The van der Waals surface area contributed by atoms with Crippen molar-refractivity contribution in [1.82, 2.24) is 4.90 Å². The molecule has 108 valence electrons. The number of phenols is 1. The minimum atomic E-state index is -0.591. The number of nitro groups is 1. The van der Waals surface area contributed by atoms with Gasteiger partial charge in [0.2, 0.25) is 0 Å². The van der Waals surface area contributed by atoms with Gasteiger partial charge in [0.1, 0.15) is 11.3 Å². The van der Waals surface area contributed by atoms with Crippen molar-refractivity contribution in [1.29, 1.82) is 0 Å². The number of piperidine rings is 1. The number of hydrogen-bond acceptors (Lipinski definition) is 4. The second kappa shape index (κ2) is 5.48. The van der Waals surface area contributed by atoms with E-state index < -0.39 is 4.92 Å². The maximum atomic E-state index is 12.6. The summed E-state index contributed by atoms with van der Waals surface area (Å²) in [5.41, 5.74) is -0.312. The highest BCUT2D eigenvalue weighted by Crippen LogP contribution is 2.29. The van der Waals surface area contributed by atoms with Crippen molar-refractivity contribution in [3.8, 4) is 5.75 Å². The highest BCUT2D eigenvalue weighted by atomic mass is 16.6. The van der Waals surface area contributed by atoms with Crippen LogP contribution < -0.4 is 0 Å². The van der Waals surface area contributed by atoms with E-state index in [9.17, 15) is 20.0 Å². The second-order valence-electron chi connectivity index (χ2n) is 5.30. The van der Waals surface area contributed by atoms with Gasteiger partial charge in [0.15, 0.2) is 0 Å². The number of hydrogen-bond donors (Lipinski definition) is 1. The number of carbonyl (C=O) groups is 1. The molecule has 0 bridgehead atoms. The first-order chi connectivity index (χ1) is 9.41. The Labute approximate surface area is 117 Å². The fourth-order valence-corrected chi connectivity index (χ4v) is 2.82. The van der Waals surface area contributed by atoms with Crippen molar-refractivity contribution in [2.45, 2.75) is 45.2 Å². The van der Waals surface area contributed by atoms with E-state index in [0.29, 0.717) is 0 Å². The van der Waals surface area contributed by atoms with E-state index in [4.69, 9.17) is 0 Å².